The highest BCUT2D eigenvalue weighted by molar-refractivity contribution is 7.12. The number of carbonyl (C=O) groups is 2. The molecule has 2 aromatic carbocycles. The molecule has 2 aliphatic heterocycles. The van der Waals surface area contributed by atoms with Crippen molar-refractivity contribution in [3.63, 3.8) is 0 Å². The van der Waals surface area contributed by atoms with E-state index in [4.69, 9.17) is 14.6 Å². The highest BCUT2D eigenvalue weighted by atomic mass is 32.1. The summed E-state index contributed by atoms with van der Waals surface area (Å²) < 4.78 is 11.1. The minimum atomic E-state index is -0.455. The van der Waals surface area contributed by atoms with E-state index in [1.54, 1.807) is 36.4 Å². The first kappa shape index (κ1) is 25.6. The monoisotopic (exact) mass is 531 g/mol. The van der Waals surface area contributed by atoms with Gasteiger partial charge in [0.25, 0.3) is 5.91 Å². The molecule has 2 unspecified atom stereocenters. The highest BCUT2D eigenvalue weighted by Crippen LogP contribution is 2.31. The maximum Gasteiger partial charge on any atom is 0.252 e. The Labute approximate surface area is 225 Å². The summed E-state index contributed by atoms with van der Waals surface area (Å²) >= 11 is 1.29. The molecule has 0 saturated carbocycles. The summed E-state index contributed by atoms with van der Waals surface area (Å²) in [5.41, 5.74) is 2.62. The Morgan fingerprint density at radius 3 is 2.66 bits per heavy atom. The van der Waals surface area contributed by atoms with Crippen LogP contribution >= 0.6 is 11.3 Å². The van der Waals surface area contributed by atoms with Gasteiger partial charge >= 0.3 is 0 Å². The fourth-order valence-corrected chi connectivity index (χ4v) is 5.35. The number of amidine groups is 2. The summed E-state index contributed by atoms with van der Waals surface area (Å²) in [6, 6.07) is 11.9. The molecule has 3 aromatic rings. The van der Waals surface area contributed by atoms with Crippen molar-refractivity contribution < 1.29 is 19.1 Å². The van der Waals surface area contributed by atoms with Crippen LogP contribution in [-0.2, 0) is 4.79 Å². The first-order valence-electron chi connectivity index (χ1n) is 12.6. The summed E-state index contributed by atoms with van der Waals surface area (Å²) in [5, 5.41) is 11.8. The number of fused-ring (bicyclic) bond motifs is 1. The van der Waals surface area contributed by atoms with Crippen molar-refractivity contribution in [1.82, 2.24) is 15.3 Å². The molecule has 2 atom stereocenters. The zero-order valence-corrected chi connectivity index (χ0v) is 22.5. The summed E-state index contributed by atoms with van der Waals surface area (Å²) in [6.07, 6.45) is 1.65. The van der Waals surface area contributed by atoms with Gasteiger partial charge < -0.3 is 14.8 Å². The normalized spacial score (nSPS) is 18.4. The molecule has 0 aliphatic carbocycles. The Kier molecular flexibility index (Phi) is 7.24. The van der Waals surface area contributed by atoms with Crippen LogP contribution < -0.4 is 14.8 Å². The van der Waals surface area contributed by atoms with Crippen molar-refractivity contribution in [2.45, 2.75) is 45.7 Å². The molecule has 5 rings (SSSR count). The lowest BCUT2D eigenvalue weighted by atomic mass is 10.0. The lowest BCUT2D eigenvalue weighted by molar-refractivity contribution is -0.124. The molecule has 196 valence electrons. The van der Waals surface area contributed by atoms with Crippen molar-refractivity contribution >= 4 is 34.7 Å². The number of hydrazone groups is 1. The third kappa shape index (κ3) is 4.79. The van der Waals surface area contributed by atoms with Gasteiger partial charge in [-0.2, -0.15) is 5.10 Å². The summed E-state index contributed by atoms with van der Waals surface area (Å²) in [4.78, 5) is 35.4. The maximum atomic E-state index is 13.1. The van der Waals surface area contributed by atoms with Crippen LogP contribution in [0.4, 0.5) is 0 Å². The van der Waals surface area contributed by atoms with Crippen LogP contribution in [0.1, 0.15) is 54.5 Å². The predicted molar refractivity (Wildman–Crippen MR) is 147 cm³/mol. The zero-order chi connectivity index (χ0) is 26.8. The molecule has 0 radical (unpaired) electrons. The summed E-state index contributed by atoms with van der Waals surface area (Å²) in [5.74, 6) is 2.19. The fraction of sp³-hybridized carbons (Fsp3) is 0.321. The lowest BCUT2D eigenvalue weighted by Crippen LogP contribution is -2.54. The van der Waals surface area contributed by atoms with Crippen molar-refractivity contribution in [3.05, 3.63) is 64.0 Å². The highest BCUT2D eigenvalue weighted by Gasteiger charge is 2.42. The topological polar surface area (TPSA) is 105 Å². The Morgan fingerprint density at radius 2 is 1.95 bits per heavy atom. The SMILES string of the molecule is CCCC1=NC(C)C2C(=O)NC(c3cc(-c4csc(C(=O)c5ccc(OC)cc5)n4)ccc3OCC)=NN12. The molecule has 0 fully saturated rings. The van der Waals surface area contributed by atoms with E-state index in [2.05, 4.69) is 22.2 Å². The molecule has 2 aliphatic rings. The number of nitrogens with zero attached hydrogens (tertiary/aromatic N) is 4. The number of thiazole rings is 1. The van der Waals surface area contributed by atoms with Crippen LogP contribution in [0.25, 0.3) is 11.3 Å². The molecule has 9 nitrogen and oxygen atoms in total. The number of carbonyl (C=O) groups excluding carboxylic acids is 2. The maximum absolute atomic E-state index is 13.1. The molecule has 10 heteroatoms. The fourth-order valence-electron chi connectivity index (χ4n) is 4.56. The van der Waals surface area contributed by atoms with E-state index in [1.165, 1.54) is 11.3 Å². The van der Waals surface area contributed by atoms with Crippen LogP contribution in [0.15, 0.2) is 57.9 Å². The number of aromatic nitrogens is 1. The average Bonchev–Trinajstić information content (AvgIpc) is 3.54. The standard InChI is InChI=1S/C28H29N5O4S/c1-5-7-23-29-16(3)24-27(35)31-26(32-33(23)24)20-14-18(10-13-22(20)37-6-2)21-15-38-28(30-21)25(34)17-8-11-19(36-4)12-9-17/h8-16,24H,5-7H2,1-4H3,(H,31,32,35). The number of hydrogen-bond acceptors (Lipinski definition) is 9. The van der Waals surface area contributed by atoms with Gasteiger partial charge in [-0.3, -0.25) is 14.6 Å². The average molecular weight is 532 g/mol. The number of amides is 1. The lowest BCUT2D eigenvalue weighted by Gasteiger charge is -2.30. The van der Waals surface area contributed by atoms with Crippen LogP contribution in [0.5, 0.6) is 11.5 Å². The van der Waals surface area contributed by atoms with Gasteiger partial charge in [0.2, 0.25) is 5.78 Å². The van der Waals surface area contributed by atoms with Gasteiger partial charge in [0, 0.05) is 22.9 Å². The largest absolute Gasteiger partial charge is 0.497 e. The smallest absolute Gasteiger partial charge is 0.252 e. The van der Waals surface area contributed by atoms with Gasteiger partial charge in [0.15, 0.2) is 16.9 Å². The Bertz CT molecular complexity index is 1430. The van der Waals surface area contributed by atoms with Crippen LogP contribution in [0.2, 0.25) is 0 Å². The minimum absolute atomic E-state index is 0.147. The molecule has 3 heterocycles. The summed E-state index contributed by atoms with van der Waals surface area (Å²) in [6.45, 7) is 6.37. The number of ether oxygens (including phenoxy) is 2. The van der Waals surface area contributed by atoms with E-state index in [-0.39, 0.29) is 17.7 Å². The van der Waals surface area contributed by atoms with E-state index >= 15 is 0 Å². The van der Waals surface area contributed by atoms with E-state index in [1.807, 2.05) is 37.4 Å². The van der Waals surface area contributed by atoms with Gasteiger partial charge in [-0.05, 0) is 62.7 Å². The molecular formula is C28H29N5O4S. The molecular weight excluding hydrogens is 502 g/mol. The molecule has 1 N–H and O–H groups in total. The third-order valence-electron chi connectivity index (χ3n) is 6.41. The molecule has 38 heavy (non-hydrogen) atoms. The van der Waals surface area contributed by atoms with Gasteiger partial charge in [0.1, 0.15) is 17.3 Å². The molecule has 1 amide bonds. The number of aliphatic imine (C=N–C) groups is 1. The molecule has 0 saturated heterocycles. The second-order valence-electron chi connectivity index (χ2n) is 9.00. The molecule has 0 bridgehead atoms. The quantitative estimate of drug-likeness (QED) is 0.407. The van der Waals surface area contributed by atoms with Crippen molar-refractivity contribution in [1.29, 1.82) is 0 Å². The second-order valence-corrected chi connectivity index (χ2v) is 9.86. The van der Waals surface area contributed by atoms with Crippen LogP contribution in [-0.4, -0.2) is 59.2 Å². The number of rotatable bonds is 9. The number of nitrogens with one attached hydrogen (secondary N) is 1. The van der Waals surface area contributed by atoms with Gasteiger partial charge in [-0.15, -0.1) is 11.3 Å². The minimum Gasteiger partial charge on any atom is -0.497 e. The van der Waals surface area contributed by atoms with E-state index in [9.17, 15) is 9.59 Å². The zero-order valence-electron chi connectivity index (χ0n) is 21.7. The van der Waals surface area contributed by atoms with Crippen molar-refractivity contribution in [3.8, 4) is 22.8 Å². The molecule has 0 spiro atoms. The number of ketones is 1. The number of hydrogen-bond donors (Lipinski definition) is 1. The van der Waals surface area contributed by atoms with Crippen LogP contribution in [0.3, 0.4) is 0 Å². The van der Waals surface area contributed by atoms with Crippen molar-refractivity contribution in [2.24, 2.45) is 10.1 Å². The second kappa shape index (κ2) is 10.7. The number of methoxy groups -OCH3 is 1. The van der Waals surface area contributed by atoms with E-state index in [0.717, 1.165) is 24.2 Å². The Balaban J connectivity index is 1.48. The summed E-state index contributed by atoms with van der Waals surface area (Å²) in [7, 11) is 1.58. The number of benzene rings is 2. The van der Waals surface area contributed by atoms with Crippen molar-refractivity contribution in [2.75, 3.05) is 13.7 Å². The predicted octanol–water partition coefficient (Wildman–Crippen LogP) is 4.51. The van der Waals surface area contributed by atoms with E-state index in [0.29, 0.717) is 45.8 Å². The first-order valence-corrected chi connectivity index (χ1v) is 13.5. The molecule has 1 aromatic heterocycles. The first-order chi connectivity index (χ1) is 18.4. The van der Waals surface area contributed by atoms with Crippen LogP contribution in [0, 0.1) is 0 Å². The third-order valence-corrected chi connectivity index (χ3v) is 7.25. The van der Waals surface area contributed by atoms with Gasteiger partial charge in [0.05, 0.1) is 31.0 Å². The van der Waals surface area contributed by atoms with Gasteiger partial charge in [-0.1, -0.05) is 6.92 Å². The van der Waals surface area contributed by atoms with Gasteiger partial charge in [-0.25, -0.2) is 9.99 Å². The Hall–Kier alpha value is -4.05. The Morgan fingerprint density at radius 1 is 1.16 bits per heavy atom. The van der Waals surface area contributed by atoms with E-state index < -0.39 is 6.04 Å².